The third-order valence-electron chi connectivity index (χ3n) is 2.44. The van der Waals surface area contributed by atoms with Crippen LogP contribution in [0.5, 0.6) is 5.75 Å². The van der Waals surface area contributed by atoms with Crippen LogP contribution in [-0.2, 0) is 0 Å². The van der Waals surface area contributed by atoms with Crippen LogP contribution in [0, 0.1) is 10.1 Å². The molecule has 0 spiro atoms. The van der Waals surface area contributed by atoms with E-state index in [1.165, 1.54) is 24.3 Å². The average Bonchev–Trinajstić information content (AvgIpc) is 2.35. The molecule has 0 saturated heterocycles. The highest BCUT2D eigenvalue weighted by Crippen LogP contribution is 2.15. The van der Waals surface area contributed by atoms with E-state index >= 15 is 0 Å². The van der Waals surface area contributed by atoms with Gasteiger partial charge in [-0.15, -0.1) is 0 Å². The van der Waals surface area contributed by atoms with E-state index in [-0.39, 0.29) is 11.4 Å². The number of nitrogens with zero attached hydrogens (tertiary/aromatic N) is 1. The standard InChI is InChI=1S/C12H9N3O5/c16-8-3-1-2-7(6-8)4-5-9-10(15(19)20)11(17)14-12(18)13-9/h1-6,16H,(H2,13,14,17,18)/b5-4-. The number of hydrogen-bond donors (Lipinski definition) is 3. The summed E-state index contributed by atoms with van der Waals surface area (Å²) in [6.45, 7) is 0. The topological polar surface area (TPSA) is 129 Å². The Morgan fingerprint density at radius 2 is 1.95 bits per heavy atom. The third-order valence-corrected chi connectivity index (χ3v) is 2.44. The Balaban J connectivity index is 2.51. The molecule has 0 bridgehead atoms. The fourth-order valence-electron chi connectivity index (χ4n) is 1.61. The first-order chi connectivity index (χ1) is 9.47. The third kappa shape index (κ3) is 2.80. The van der Waals surface area contributed by atoms with Crippen molar-refractivity contribution in [2.24, 2.45) is 0 Å². The van der Waals surface area contributed by atoms with Gasteiger partial charge >= 0.3 is 16.9 Å². The maximum atomic E-state index is 11.4. The van der Waals surface area contributed by atoms with E-state index in [4.69, 9.17) is 0 Å². The Morgan fingerprint density at radius 3 is 2.60 bits per heavy atom. The summed E-state index contributed by atoms with van der Waals surface area (Å²) in [6, 6.07) is 6.12. The van der Waals surface area contributed by atoms with Gasteiger partial charge in [0.2, 0.25) is 0 Å². The van der Waals surface area contributed by atoms with Crippen LogP contribution in [-0.4, -0.2) is 20.0 Å². The molecule has 0 radical (unpaired) electrons. The largest absolute Gasteiger partial charge is 0.508 e. The molecule has 0 saturated carbocycles. The predicted molar refractivity (Wildman–Crippen MR) is 71.4 cm³/mol. The number of phenols is 1. The first-order valence-corrected chi connectivity index (χ1v) is 5.45. The molecule has 1 heterocycles. The Kier molecular flexibility index (Phi) is 3.47. The van der Waals surface area contributed by atoms with Gasteiger partial charge in [0.1, 0.15) is 11.4 Å². The maximum Gasteiger partial charge on any atom is 0.357 e. The van der Waals surface area contributed by atoms with Crippen molar-refractivity contribution in [3.63, 3.8) is 0 Å². The van der Waals surface area contributed by atoms with Crippen molar-refractivity contribution in [1.82, 2.24) is 9.97 Å². The van der Waals surface area contributed by atoms with E-state index in [1.807, 2.05) is 0 Å². The summed E-state index contributed by atoms with van der Waals surface area (Å²) in [6.07, 6.45) is 2.65. The van der Waals surface area contributed by atoms with Crippen LogP contribution >= 0.6 is 0 Å². The molecule has 0 unspecified atom stereocenters. The van der Waals surface area contributed by atoms with E-state index < -0.39 is 21.9 Å². The summed E-state index contributed by atoms with van der Waals surface area (Å²) >= 11 is 0. The minimum Gasteiger partial charge on any atom is -0.508 e. The van der Waals surface area contributed by atoms with E-state index in [9.17, 15) is 24.8 Å². The Morgan fingerprint density at radius 1 is 1.20 bits per heavy atom. The Hall–Kier alpha value is -3.16. The van der Waals surface area contributed by atoms with Gasteiger partial charge in [-0.3, -0.25) is 19.9 Å². The van der Waals surface area contributed by atoms with Crippen molar-refractivity contribution in [2.45, 2.75) is 0 Å². The lowest BCUT2D eigenvalue weighted by Crippen LogP contribution is -2.25. The number of hydrogen-bond acceptors (Lipinski definition) is 5. The van der Waals surface area contributed by atoms with E-state index in [0.29, 0.717) is 5.56 Å². The molecule has 0 aliphatic heterocycles. The normalized spacial score (nSPS) is 10.8. The lowest BCUT2D eigenvalue weighted by molar-refractivity contribution is -0.386. The number of rotatable bonds is 3. The number of H-pyrrole nitrogens is 2. The van der Waals surface area contributed by atoms with Gasteiger partial charge in [-0.05, 0) is 23.8 Å². The molecule has 1 aromatic heterocycles. The summed E-state index contributed by atoms with van der Waals surface area (Å²) in [5.41, 5.74) is -2.32. The number of nitrogens with one attached hydrogen (secondary N) is 2. The zero-order chi connectivity index (χ0) is 14.7. The minimum absolute atomic E-state index is 0.0288. The van der Waals surface area contributed by atoms with Gasteiger partial charge in [0.25, 0.3) is 0 Å². The monoisotopic (exact) mass is 275 g/mol. The second-order valence-electron chi connectivity index (χ2n) is 3.86. The fraction of sp³-hybridized carbons (Fsp3) is 0. The lowest BCUT2D eigenvalue weighted by atomic mass is 10.2. The minimum atomic E-state index is -1.07. The number of nitro groups is 1. The highest BCUT2D eigenvalue weighted by Gasteiger charge is 2.18. The highest BCUT2D eigenvalue weighted by atomic mass is 16.6. The van der Waals surface area contributed by atoms with Crippen LogP contribution in [0.3, 0.4) is 0 Å². The number of aromatic hydroxyl groups is 1. The van der Waals surface area contributed by atoms with Gasteiger partial charge in [-0.2, -0.15) is 0 Å². The molecule has 8 heteroatoms. The molecular weight excluding hydrogens is 266 g/mol. The molecule has 3 N–H and O–H groups in total. The zero-order valence-electron chi connectivity index (χ0n) is 9.99. The van der Waals surface area contributed by atoms with Crippen molar-refractivity contribution in [3.8, 4) is 5.75 Å². The van der Waals surface area contributed by atoms with Crippen LogP contribution in [0.25, 0.3) is 12.2 Å². The van der Waals surface area contributed by atoms with Crippen LogP contribution < -0.4 is 11.2 Å². The molecule has 8 nitrogen and oxygen atoms in total. The average molecular weight is 275 g/mol. The van der Waals surface area contributed by atoms with Crippen LogP contribution in [0.15, 0.2) is 33.9 Å². The van der Waals surface area contributed by atoms with Gasteiger partial charge in [0.15, 0.2) is 0 Å². The number of aromatic amines is 2. The quantitative estimate of drug-likeness (QED) is 0.564. The van der Waals surface area contributed by atoms with Gasteiger partial charge < -0.3 is 10.1 Å². The molecule has 2 rings (SSSR count). The molecule has 2 aromatic rings. The van der Waals surface area contributed by atoms with E-state index in [2.05, 4.69) is 4.98 Å². The molecule has 1 aromatic carbocycles. The zero-order valence-corrected chi connectivity index (χ0v) is 9.99. The summed E-state index contributed by atoms with van der Waals surface area (Å²) in [5, 5.41) is 20.1. The molecule has 20 heavy (non-hydrogen) atoms. The number of benzene rings is 1. The van der Waals surface area contributed by atoms with Crippen LogP contribution in [0.4, 0.5) is 5.69 Å². The lowest BCUT2D eigenvalue weighted by Gasteiger charge is -1.97. The van der Waals surface area contributed by atoms with Crippen LogP contribution in [0.1, 0.15) is 11.3 Å². The van der Waals surface area contributed by atoms with Crippen molar-refractivity contribution in [1.29, 1.82) is 0 Å². The number of aromatic nitrogens is 2. The molecule has 0 atom stereocenters. The van der Waals surface area contributed by atoms with Crippen molar-refractivity contribution in [2.75, 3.05) is 0 Å². The maximum absolute atomic E-state index is 11.4. The Labute approximate surface area is 111 Å². The fourth-order valence-corrected chi connectivity index (χ4v) is 1.61. The smallest absolute Gasteiger partial charge is 0.357 e. The van der Waals surface area contributed by atoms with Crippen molar-refractivity contribution in [3.05, 3.63) is 66.5 Å². The molecule has 0 amide bonds. The predicted octanol–water partition coefficient (Wildman–Crippen LogP) is 0.847. The van der Waals surface area contributed by atoms with E-state index in [1.54, 1.807) is 17.1 Å². The Bertz CT molecular complexity index is 803. The van der Waals surface area contributed by atoms with Gasteiger partial charge in [-0.25, -0.2) is 4.79 Å². The molecule has 0 fully saturated rings. The summed E-state index contributed by atoms with van der Waals surface area (Å²) in [4.78, 5) is 36.4. The molecule has 0 aliphatic carbocycles. The second kappa shape index (κ2) is 5.22. The summed E-state index contributed by atoms with van der Waals surface area (Å²) in [5.74, 6) is 0.0288. The number of phenolic OH excluding ortho intramolecular Hbond substituents is 1. The molecule has 102 valence electrons. The van der Waals surface area contributed by atoms with Gasteiger partial charge in [0.05, 0.1) is 4.92 Å². The first kappa shape index (κ1) is 13.3. The summed E-state index contributed by atoms with van der Waals surface area (Å²) < 4.78 is 0. The first-order valence-electron chi connectivity index (χ1n) is 5.45. The summed E-state index contributed by atoms with van der Waals surface area (Å²) in [7, 11) is 0. The molecular formula is C12H9N3O5. The van der Waals surface area contributed by atoms with Crippen molar-refractivity contribution >= 4 is 17.8 Å². The van der Waals surface area contributed by atoms with Crippen LogP contribution in [0.2, 0.25) is 0 Å². The van der Waals surface area contributed by atoms with Gasteiger partial charge in [0, 0.05) is 0 Å². The molecule has 0 aliphatic rings. The van der Waals surface area contributed by atoms with E-state index in [0.717, 1.165) is 0 Å². The SMILES string of the molecule is O=c1[nH]c(/C=C\c2cccc(O)c2)c([N+](=O)[O-])c(=O)[nH]1. The van der Waals surface area contributed by atoms with Crippen molar-refractivity contribution < 1.29 is 10.0 Å². The highest BCUT2D eigenvalue weighted by molar-refractivity contribution is 5.72. The second-order valence-corrected chi connectivity index (χ2v) is 3.86. The van der Waals surface area contributed by atoms with Gasteiger partial charge in [-0.1, -0.05) is 18.2 Å².